The van der Waals surface area contributed by atoms with Gasteiger partial charge in [-0.1, -0.05) is 13.0 Å². The molecule has 4 fully saturated rings. The van der Waals surface area contributed by atoms with E-state index in [0.29, 0.717) is 24.3 Å². The molecule has 12 heteroatoms. The standard InChI is InChI=1S/C35H51N7O5/c1-34(2,3)47-33(46)36-25-8-15-35(4,16-9-25)31(44)41-19-12-26(13-20-41)40-17-10-23(11-18-40)24-6-7-27-28(22-24)39(5)38-30(27)42-21-14-29(43)37-32(42)45/h6-7,22-23,25-26H,8-21H2,1-5H3,(H,36,46)(H,37,43,45). The van der Waals surface area contributed by atoms with E-state index in [1.165, 1.54) is 5.56 Å². The number of nitrogens with one attached hydrogen (secondary N) is 2. The molecule has 0 bridgehead atoms. The SMILES string of the molecule is Cn1nc(N2CCC(=O)NC2=O)c2ccc(C3CCN(C4CCN(C(=O)C5(C)CCC(NC(=O)OC(C)(C)C)CC5)CC4)CC3)cc21. The molecule has 0 spiro atoms. The topological polar surface area (TPSA) is 129 Å². The Hall–Kier alpha value is -3.67. The average molecular weight is 650 g/mol. The predicted molar refractivity (Wildman–Crippen MR) is 179 cm³/mol. The number of likely N-dealkylation sites (tertiary alicyclic amines) is 2. The van der Waals surface area contributed by atoms with Gasteiger partial charge < -0.3 is 19.9 Å². The van der Waals surface area contributed by atoms with Crippen LogP contribution in [-0.2, 0) is 21.4 Å². The van der Waals surface area contributed by atoms with Crippen LogP contribution >= 0.6 is 0 Å². The van der Waals surface area contributed by atoms with Crippen LogP contribution in [0, 0.1) is 5.41 Å². The zero-order valence-electron chi connectivity index (χ0n) is 28.6. The van der Waals surface area contributed by atoms with Crippen molar-refractivity contribution in [2.45, 2.75) is 109 Å². The number of benzene rings is 1. The summed E-state index contributed by atoms with van der Waals surface area (Å²) in [5, 5.41) is 10.9. The van der Waals surface area contributed by atoms with Crippen molar-refractivity contribution in [2.75, 3.05) is 37.6 Å². The van der Waals surface area contributed by atoms with E-state index in [0.717, 1.165) is 88.4 Å². The number of aryl methyl sites for hydroxylation is 1. The van der Waals surface area contributed by atoms with E-state index < -0.39 is 11.6 Å². The number of amides is 5. The fraction of sp³-hybridized carbons (Fsp3) is 0.686. The van der Waals surface area contributed by atoms with Crippen molar-refractivity contribution >= 4 is 40.7 Å². The summed E-state index contributed by atoms with van der Waals surface area (Å²) >= 11 is 0. The first-order valence-corrected chi connectivity index (χ1v) is 17.4. The number of hydrogen-bond acceptors (Lipinski definition) is 7. The molecule has 5 amide bonds. The van der Waals surface area contributed by atoms with E-state index in [1.54, 1.807) is 4.90 Å². The fourth-order valence-electron chi connectivity index (χ4n) is 7.98. The second-order valence-electron chi connectivity index (χ2n) is 15.3. The number of carbonyl (C=O) groups excluding carboxylic acids is 4. The maximum Gasteiger partial charge on any atom is 0.407 e. The Labute approximate surface area is 277 Å². The quantitative estimate of drug-likeness (QED) is 0.482. The molecule has 0 atom stereocenters. The summed E-state index contributed by atoms with van der Waals surface area (Å²) in [5.41, 5.74) is 1.40. The number of imide groups is 1. The summed E-state index contributed by atoms with van der Waals surface area (Å²) in [5.74, 6) is 1.08. The van der Waals surface area contributed by atoms with Crippen molar-refractivity contribution in [3.63, 3.8) is 0 Å². The van der Waals surface area contributed by atoms with Gasteiger partial charge in [-0.05, 0) is 109 Å². The van der Waals surface area contributed by atoms with Gasteiger partial charge in [0.1, 0.15) is 5.60 Å². The predicted octanol–water partition coefficient (Wildman–Crippen LogP) is 4.66. The van der Waals surface area contributed by atoms with Crippen molar-refractivity contribution < 1.29 is 23.9 Å². The number of piperidine rings is 2. The van der Waals surface area contributed by atoms with Crippen molar-refractivity contribution in [3.8, 4) is 0 Å². The Bertz CT molecular complexity index is 1510. The molecular weight excluding hydrogens is 598 g/mol. The smallest absolute Gasteiger partial charge is 0.407 e. The molecule has 3 aliphatic heterocycles. The Kier molecular flexibility index (Phi) is 9.26. The second kappa shape index (κ2) is 13.1. The molecule has 256 valence electrons. The molecule has 12 nitrogen and oxygen atoms in total. The molecule has 1 aromatic carbocycles. The van der Waals surface area contributed by atoms with Gasteiger partial charge in [0.15, 0.2) is 5.82 Å². The fourth-order valence-corrected chi connectivity index (χ4v) is 7.98. The normalized spacial score (nSPS) is 25.6. The Morgan fingerprint density at radius 2 is 1.66 bits per heavy atom. The number of ether oxygens (including phenoxy) is 1. The van der Waals surface area contributed by atoms with Crippen LogP contribution in [0.1, 0.15) is 97.0 Å². The monoisotopic (exact) mass is 649 g/mol. The van der Waals surface area contributed by atoms with E-state index in [1.807, 2.05) is 32.5 Å². The van der Waals surface area contributed by atoms with Crippen LogP contribution in [0.25, 0.3) is 10.9 Å². The van der Waals surface area contributed by atoms with E-state index in [9.17, 15) is 19.2 Å². The van der Waals surface area contributed by atoms with Crippen molar-refractivity contribution in [2.24, 2.45) is 12.5 Å². The van der Waals surface area contributed by atoms with Gasteiger partial charge in [-0.25, -0.2) is 9.59 Å². The van der Waals surface area contributed by atoms with Gasteiger partial charge in [0.2, 0.25) is 11.8 Å². The number of alkyl carbamates (subject to hydrolysis) is 1. The lowest BCUT2D eigenvalue weighted by Gasteiger charge is -2.45. The summed E-state index contributed by atoms with van der Waals surface area (Å²) in [4.78, 5) is 56.2. The van der Waals surface area contributed by atoms with Crippen LogP contribution in [0.4, 0.5) is 15.4 Å². The first kappa shape index (κ1) is 33.2. The third kappa shape index (κ3) is 7.27. The van der Waals surface area contributed by atoms with E-state index in [2.05, 4.69) is 50.7 Å². The number of anilines is 1. The van der Waals surface area contributed by atoms with Crippen LogP contribution in [0.5, 0.6) is 0 Å². The number of rotatable bonds is 5. The molecule has 1 aromatic heterocycles. The second-order valence-corrected chi connectivity index (χ2v) is 15.3. The van der Waals surface area contributed by atoms with Gasteiger partial charge in [0, 0.05) is 56.0 Å². The Balaban J connectivity index is 0.975. The highest BCUT2D eigenvalue weighted by molar-refractivity contribution is 6.08. The molecule has 6 rings (SSSR count). The van der Waals surface area contributed by atoms with Crippen LogP contribution in [0.15, 0.2) is 18.2 Å². The molecule has 0 unspecified atom stereocenters. The summed E-state index contributed by atoms with van der Waals surface area (Å²) in [7, 11) is 1.90. The lowest BCUT2D eigenvalue weighted by atomic mass is 9.72. The van der Waals surface area contributed by atoms with Crippen LogP contribution < -0.4 is 15.5 Å². The average Bonchev–Trinajstić information content (AvgIpc) is 3.36. The number of hydrogen-bond donors (Lipinski definition) is 2. The van der Waals surface area contributed by atoms with Crippen LogP contribution in [0.2, 0.25) is 0 Å². The maximum absolute atomic E-state index is 13.7. The molecule has 3 saturated heterocycles. The molecule has 2 N–H and O–H groups in total. The Morgan fingerprint density at radius 1 is 0.979 bits per heavy atom. The molecule has 4 aliphatic rings. The summed E-state index contributed by atoms with van der Waals surface area (Å²) in [6, 6.07) is 6.60. The maximum atomic E-state index is 13.7. The van der Waals surface area contributed by atoms with Crippen LogP contribution in [-0.4, -0.2) is 93.9 Å². The van der Waals surface area contributed by atoms with E-state index >= 15 is 0 Å². The third-order valence-corrected chi connectivity index (χ3v) is 10.8. The number of fused-ring (bicyclic) bond motifs is 1. The largest absolute Gasteiger partial charge is 0.444 e. The molecule has 1 saturated carbocycles. The van der Waals surface area contributed by atoms with Crippen molar-refractivity contribution in [3.05, 3.63) is 23.8 Å². The number of carbonyl (C=O) groups is 4. The zero-order valence-corrected chi connectivity index (χ0v) is 28.6. The highest BCUT2D eigenvalue weighted by Gasteiger charge is 2.42. The molecule has 0 radical (unpaired) electrons. The third-order valence-electron chi connectivity index (χ3n) is 10.8. The van der Waals surface area contributed by atoms with Crippen molar-refractivity contribution in [1.82, 2.24) is 30.2 Å². The highest BCUT2D eigenvalue weighted by atomic mass is 16.6. The van der Waals surface area contributed by atoms with Crippen molar-refractivity contribution in [1.29, 1.82) is 0 Å². The highest BCUT2D eigenvalue weighted by Crippen LogP contribution is 2.39. The first-order valence-electron chi connectivity index (χ1n) is 17.4. The van der Waals surface area contributed by atoms with Gasteiger partial charge in [0.25, 0.3) is 0 Å². The van der Waals surface area contributed by atoms with E-state index in [4.69, 9.17) is 4.74 Å². The van der Waals surface area contributed by atoms with Gasteiger partial charge in [-0.3, -0.25) is 24.5 Å². The molecule has 4 heterocycles. The van der Waals surface area contributed by atoms with E-state index in [-0.39, 0.29) is 35.8 Å². The molecule has 47 heavy (non-hydrogen) atoms. The molecular formula is C35H51N7O5. The van der Waals surface area contributed by atoms with Gasteiger partial charge in [-0.2, -0.15) is 5.10 Å². The summed E-state index contributed by atoms with van der Waals surface area (Å²) < 4.78 is 7.24. The molecule has 1 aliphatic carbocycles. The lowest BCUT2D eigenvalue weighted by Crippen LogP contribution is -2.53. The minimum Gasteiger partial charge on any atom is -0.444 e. The van der Waals surface area contributed by atoms with Crippen LogP contribution in [0.3, 0.4) is 0 Å². The summed E-state index contributed by atoms with van der Waals surface area (Å²) in [6.07, 6.45) is 7.22. The minimum absolute atomic E-state index is 0.0544. The lowest BCUT2D eigenvalue weighted by molar-refractivity contribution is -0.145. The number of urea groups is 1. The minimum atomic E-state index is -0.522. The van der Waals surface area contributed by atoms with Gasteiger partial charge >= 0.3 is 12.1 Å². The first-order chi connectivity index (χ1) is 22.3. The zero-order chi connectivity index (χ0) is 33.5. The number of aromatic nitrogens is 2. The number of nitrogens with zero attached hydrogens (tertiary/aromatic N) is 5. The Morgan fingerprint density at radius 3 is 2.30 bits per heavy atom. The molecule has 2 aromatic rings. The summed E-state index contributed by atoms with van der Waals surface area (Å²) in [6.45, 7) is 11.7. The van der Waals surface area contributed by atoms with Gasteiger partial charge in [-0.15, -0.1) is 0 Å². The van der Waals surface area contributed by atoms with Gasteiger partial charge in [0.05, 0.1) is 5.52 Å².